The molecule has 0 atom stereocenters. The van der Waals surface area contributed by atoms with E-state index in [0.717, 1.165) is 15.9 Å². The number of nitrogens with one attached hydrogen (secondary N) is 1. The molecular formula is C16H19BrN2OS. The van der Waals surface area contributed by atoms with Crippen molar-refractivity contribution < 1.29 is 4.79 Å². The maximum Gasteiger partial charge on any atom is 0.234 e. The van der Waals surface area contributed by atoms with Gasteiger partial charge in [-0.3, -0.25) is 9.69 Å². The Hall–Kier alpha value is -1.17. The molecule has 0 saturated carbocycles. The summed E-state index contributed by atoms with van der Waals surface area (Å²) in [7, 11) is 1.96. The molecular weight excluding hydrogens is 348 g/mol. The number of carbonyl (C=O) groups excluding carboxylic acids is 1. The van der Waals surface area contributed by atoms with Crippen LogP contribution in [-0.2, 0) is 17.9 Å². The first kappa shape index (κ1) is 16.2. The molecule has 3 nitrogen and oxygen atoms in total. The Bertz CT molecular complexity index is 612. The van der Waals surface area contributed by atoms with Crippen molar-refractivity contribution in [2.24, 2.45) is 0 Å². The number of rotatable bonds is 6. The Morgan fingerprint density at radius 3 is 2.81 bits per heavy atom. The Morgan fingerprint density at radius 1 is 1.33 bits per heavy atom. The van der Waals surface area contributed by atoms with Crippen LogP contribution < -0.4 is 5.32 Å². The lowest BCUT2D eigenvalue weighted by atomic mass is 10.1. The van der Waals surface area contributed by atoms with Crippen LogP contribution in [0.5, 0.6) is 0 Å². The molecule has 2 rings (SSSR count). The third-order valence-corrected chi connectivity index (χ3v) is 4.65. The number of likely N-dealkylation sites (N-methyl/N-ethyl adjacent to an activating group) is 1. The Labute approximate surface area is 138 Å². The molecule has 0 aliphatic carbocycles. The largest absolute Gasteiger partial charge is 0.351 e. The van der Waals surface area contributed by atoms with Crippen molar-refractivity contribution in [2.75, 3.05) is 13.6 Å². The van der Waals surface area contributed by atoms with E-state index in [-0.39, 0.29) is 5.91 Å². The number of hydrogen-bond acceptors (Lipinski definition) is 3. The lowest BCUT2D eigenvalue weighted by molar-refractivity contribution is -0.122. The molecule has 0 fully saturated rings. The predicted molar refractivity (Wildman–Crippen MR) is 91.4 cm³/mol. The summed E-state index contributed by atoms with van der Waals surface area (Å²) in [6.07, 6.45) is 0. The number of hydrogen-bond donors (Lipinski definition) is 1. The fraction of sp³-hybridized carbons (Fsp3) is 0.312. The summed E-state index contributed by atoms with van der Waals surface area (Å²) in [6.45, 7) is 3.83. The number of halogens is 1. The first-order valence-corrected chi connectivity index (χ1v) is 8.39. The number of nitrogens with zero attached hydrogens (tertiary/aromatic N) is 1. The van der Waals surface area contributed by atoms with Crippen molar-refractivity contribution in [3.8, 4) is 0 Å². The van der Waals surface area contributed by atoms with Gasteiger partial charge in [0.05, 0.1) is 10.3 Å². The highest BCUT2D eigenvalue weighted by Crippen LogP contribution is 2.22. The van der Waals surface area contributed by atoms with E-state index in [1.165, 1.54) is 10.4 Å². The number of benzene rings is 1. The van der Waals surface area contributed by atoms with Gasteiger partial charge in [0.15, 0.2) is 0 Å². The number of aryl methyl sites for hydroxylation is 1. The second kappa shape index (κ2) is 7.73. The highest BCUT2D eigenvalue weighted by molar-refractivity contribution is 9.11. The Morgan fingerprint density at radius 2 is 2.14 bits per heavy atom. The second-order valence-electron chi connectivity index (χ2n) is 5.14. The maximum absolute atomic E-state index is 11.9. The third-order valence-electron chi connectivity index (χ3n) is 3.04. The standard InChI is InChI=1S/C16H19BrN2OS/c1-12-4-3-5-13(8-12)9-18-16(20)11-19(2)10-14-6-7-15(17)21-14/h3-8H,9-11H2,1-2H3,(H,18,20). The van der Waals surface area contributed by atoms with Gasteiger partial charge in [-0.25, -0.2) is 0 Å². The van der Waals surface area contributed by atoms with Crippen LogP contribution >= 0.6 is 27.3 Å². The van der Waals surface area contributed by atoms with Gasteiger partial charge in [0.2, 0.25) is 5.91 Å². The fourth-order valence-electron chi connectivity index (χ4n) is 2.08. The van der Waals surface area contributed by atoms with Crippen molar-refractivity contribution in [1.82, 2.24) is 10.2 Å². The predicted octanol–water partition coefficient (Wildman–Crippen LogP) is 3.57. The van der Waals surface area contributed by atoms with Gasteiger partial charge in [-0.1, -0.05) is 29.8 Å². The van der Waals surface area contributed by atoms with Crippen LogP contribution in [0.15, 0.2) is 40.2 Å². The lowest BCUT2D eigenvalue weighted by Crippen LogP contribution is -2.34. The summed E-state index contributed by atoms with van der Waals surface area (Å²) in [5.74, 6) is 0.0506. The minimum absolute atomic E-state index is 0.0506. The summed E-state index contributed by atoms with van der Waals surface area (Å²) >= 11 is 5.15. The summed E-state index contributed by atoms with van der Waals surface area (Å²) in [5.41, 5.74) is 2.34. The number of thiophene rings is 1. The van der Waals surface area contributed by atoms with Crippen LogP contribution in [0.3, 0.4) is 0 Å². The van der Waals surface area contributed by atoms with E-state index in [0.29, 0.717) is 13.1 Å². The maximum atomic E-state index is 11.9. The summed E-state index contributed by atoms with van der Waals surface area (Å²) < 4.78 is 1.12. The minimum atomic E-state index is 0.0506. The quantitative estimate of drug-likeness (QED) is 0.847. The summed E-state index contributed by atoms with van der Waals surface area (Å²) in [6, 6.07) is 12.3. The summed E-state index contributed by atoms with van der Waals surface area (Å²) in [4.78, 5) is 15.2. The Balaban J connectivity index is 1.76. The molecule has 0 saturated heterocycles. The van der Waals surface area contributed by atoms with E-state index in [1.54, 1.807) is 11.3 Å². The number of carbonyl (C=O) groups is 1. The molecule has 0 aliphatic rings. The molecule has 0 spiro atoms. The number of amides is 1. The van der Waals surface area contributed by atoms with Gasteiger partial charge in [0.25, 0.3) is 0 Å². The molecule has 1 aromatic carbocycles. The third kappa shape index (κ3) is 5.61. The lowest BCUT2D eigenvalue weighted by Gasteiger charge is -2.15. The van der Waals surface area contributed by atoms with Gasteiger partial charge in [0.1, 0.15) is 0 Å². The molecule has 1 aromatic heterocycles. The van der Waals surface area contributed by atoms with Gasteiger partial charge in [-0.2, -0.15) is 0 Å². The van der Waals surface area contributed by atoms with Crippen LogP contribution in [0.25, 0.3) is 0 Å². The molecule has 0 bridgehead atoms. The average molecular weight is 367 g/mol. The smallest absolute Gasteiger partial charge is 0.234 e. The average Bonchev–Trinajstić information content (AvgIpc) is 2.81. The van der Waals surface area contributed by atoms with E-state index in [1.807, 2.05) is 30.1 Å². The van der Waals surface area contributed by atoms with E-state index in [4.69, 9.17) is 0 Å². The molecule has 0 unspecified atom stereocenters. The zero-order valence-electron chi connectivity index (χ0n) is 12.2. The minimum Gasteiger partial charge on any atom is -0.351 e. The van der Waals surface area contributed by atoms with E-state index in [2.05, 4.69) is 46.4 Å². The van der Waals surface area contributed by atoms with Crippen LogP contribution in [0.2, 0.25) is 0 Å². The SMILES string of the molecule is Cc1cccc(CNC(=O)CN(C)Cc2ccc(Br)s2)c1. The van der Waals surface area contributed by atoms with Crippen molar-refractivity contribution in [3.05, 3.63) is 56.2 Å². The molecule has 1 N–H and O–H groups in total. The van der Waals surface area contributed by atoms with E-state index in [9.17, 15) is 4.79 Å². The topological polar surface area (TPSA) is 32.3 Å². The van der Waals surface area contributed by atoms with Crippen LogP contribution in [-0.4, -0.2) is 24.4 Å². The van der Waals surface area contributed by atoms with Crippen molar-refractivity contribution in [3.63, 3.8) is 0 Å². The fourth-order valence-corrected chi connectivity index (χ4v) is 3.65. The van der Waals surface area contributed by atoms with Crippen molar-refractivity contribution in [1.29, 1.82) is 0 Å². The molecule has 1 heterocycles. The molecule has 112 valence electrons. The second-order valence-corrected chi connectivity index (χ2v) is 7.69. The van der Waals surface area contributed by atoms with E-state index >= 15 is 0 Å². The highest BCUT2D eigenvalue weighted by atomic mass is 79.9. The van der Waals surface area contributed by atoms with Gasteiger partial charge in [0, 0.05) is 18.0 Å². The molecule has 0 aliphatic heterocycles. The molecule has 21 heavy (non-hydrogen) atoms. The first-order chi connectivity index (χ1) is 10.0. The molecule has 5 heteroatoms. The summed E-state index contributed by atoms with van der Waals surface area (Å²) in [5, 5.41) is 2.96. The van der Waals surface area contributed by atoms with Crippen molar-refractivity contribution >= 4 is 33.2 Å². The zero-order valence-corrected chi connectivity index (χ0v) is 14.6. The van der Waals surface area contributed by atoms with Crippen LogP contribution in [0.1, 0.15) is 16.0 Å². The zero-order chi connectivity index (χ0) is 15.2. The Kier molecular flexibility index (Phi) is 5.96. The first-order valence-electron chi connectivity index (χ1n) is 6.78. The van der Waals surface area contributed by atoms with E-state index < -0.39 is 0 Å². The van der Waals surface area contributed by atoms with Crippen molar-refractivity contribution in [2.45, 2.75) is 20.0 Å². The van der Waals surface area contributed by atoms with Gasteiger partial charge in [-0.05, 0) is 47.6 Å². The molecule has 0 radical (unpaired) electrons. The monoisotopic (exact) mass is 366 g/mol. The van der Waals surface area contributed by atoms with Crippen LogP contribution in [0, 0.1) is 6.92 Å². The van der Waals surface area contributed by atoms with Gasteiger partial charge >= 0.3 is 0 Å². The molecule has 2 aromatic rings. The van der Waals surface area contributed by atoms with Gasteiger partial charge < -0.3 is 5.32 Å². The van der Waals surface area contributed by atoms with Gasteiger partial charge in [-0.15, -0.1) is 11.3 Å². The normalized spacial score (nSPS) is 10.9. The van der Waals surface area contributed by atoms with Crippen LogP contribution in [0.4, 0.5) is 0 Å². The molecule has 1 amide bonds. The highest BCUT2D eigenvalue weighted by Gasteiger charge is 2.08.